The summed E-state index contributed by atoms with van der Waals surface area (Å²) >= 11 is 0. The predicted molar refractivity (Wildman–Crippen MR) is 71.0 cm³/mol. The van der Waals surface area contributed by atoms with Crippen LogP contribution < -0.4 is 5.32 Å². The number of rotatable bonds is 4. The molecule has 3 rings (SSSR count). The molecule has 0 spiro atoms. The molecule has 1 N–H and O–H groups in total. The molecular formula is C14H21N3O3. The largest absolute Gasteiger partial charge is 0.381 e. The van der Waals surface area contributed by atoms with E-state index in [1.54, 1.807) is 0 Å². The van der Waals surface area contributed by atoms with Gasteiger partial charge in [-0.15, -0.1) is 0 Å². The number of amides is 1. The van der Waals surface area contributed by atoms with Gasteiger partial charge in [-0.1, -0.05) is 19.0 Å². The molecule has 1 aliphatic carbocycles. The van der Waals surface area contributed by atoms with E-state index in [1.165, 1.54) is 0 Å². The maximum Gasteiger partial charge on any atom is 0.252 e. The van der Waals surface area contributed by atoms with Crippen LogP contribution in [0.3, 0.4) is 0 Å². The molecule has 110 valence electrons. The monoisotopic (exact) mass is 279 g/mol. The van der Waals surface area contributed by atoms with Crippen molar-refractivity contribution < 1.29 is 14.1 Å². The SMILES string of the molecule is CC(C)c1noc(C2(NC(=O)C3CC3)CCOCC2)n1. The van der Waals surface area contributed by atoms with Crippen molar-refractivity contribution >= 4 is 5.91 Å². The highest BCUT2D eigenvalue weighted by Gasteiger charge is 2.44. The highest BCUT2D eigenvalue weighted by atomic mass is 16.5. The smallest absolute Gasteiger partial charge is 0.252 e. The summed E-state index contributed by atoms with van der Waals surface area (Å²) in [4.78, 5) is 16.6. The second-order valence-electron chi connectivity index (χ2n) is 6.07. The van der Waals surface area contributed by atoms with Crippen LogP contribution in [-0.4, -0.2) is 29.3 Å². The van der Waals surface area contributed by atoms with Crippen LogP contribution in [0.1, 0.15) is 57.2 Å². The van der Waals surface area contributed by atoms with Gasteiger partial charge in [0.2, 0.25) is 5.91 Å². The first-order valence-electron chi connectivity index (χ1n) is 7.34. The number of hydrogen-bond acceptors (Lipinski definition) is 5. The number of ether oxygens (including phenoxy) is 1. The Kier molecular flexibility index (Phi) is 3.50. The molecule has 1 amide bonds. The third-order valence-electron chi connectivity index (χ3n) is 4.02. The summed E-state index contributed by atoms with van der Waals surface area (Å²) in [6, 6.07) is 0. The topological polar surface area (TPSA) is 77.2 Å². The molecule has 20 heavy (non-hydrogen) atoms. The Labute approximate surface area is 118 Å². The van der Waals surface area contributed by atoms with Gasteiger partial charge in [0.15, 0.2) is 5.82 Å². The standard InChI is InChI=1S/C14H21N3O3/c1-9(2)11-15-13(20-17-11)14(5-7-19-8-6-14)16-12(18)10-3-4-10/h9-10H,3-8H2,1-2H3,(H,16,18). The Hall–Kier alpha value is -1.43. The van der Waals surface area contributed by atoms with E-state index < -0.39 is 5.54 Å². The molecule has 6 nitrogen and oxygen atoms in total. The third kappa shape index (κ3) is 2.57. The Morgan fingerprint density at radius 3 is 2.60 bits per heavy atom. The fourth-order valence-corrected chi connectivity index (χ4v) is 2.46. The molecule has 1 aliphatic heterocycles. The number of aromatic nitrogens is 2. The number of carbonyl (C=O) groups excluding carboxylic acids is 1. The van der Waals surface area contributed by atoms with Gasteiger partial charge in [0.25, 0.3) is 5.89 Å². The lowest BCUT2D eigenvalue weighted by atomic mass is 9.89. The average molecular weight is 279 g/mol. The van der Waals surface area contributed by atoms with Crippen molar-refractivity contribution in [3.8, 4) is 0 Å². The van der Waals surface area contributed by atoms with Gasteiger partial charge in [0.1, 0.15) is 5.54 Å². The van der Waals surface area contributed by atoms with Gasteiger partial charge in [0, 0.05) is 37.9 Å². The van der Waals surface area contributed by atoms with Crippen LogP contribution in [0.5, 0.6) is 0 Å². The highest BCUT2D eigenvalue weighted by Crippen LogP contribution is 2.35. The first-order valence-corrected chi connectivity index (χ1v) is 7.34. The van der Waals surface area contributed by atoms with Gasteiger partial charge in [-0.3, -0.25) is 4.79 Å². The van der Waals surface area contributed by atoms with Crippen molar-refractivity contribution in [2.45, 2.75) is 51.0 Å². The molecule has 2 aliphatic rings. The lowest BCUT2D eigenvalue weighted by Crippen LogP contribution is -2.50. The van der Waals surface area contributed by atoms with E-state index in [2.05, 4.69) is 15.5 Å². The van der Waals surface area contributed by atoms with Crippen LogP contribution in [0.15, 0.2) is 4.52 Å². The minimum Gasteiger partial charge on any atom is -0.381 e. The predicted octanol–water partition coefficient (Wildman–Crippen LogP) is 1.72. The summed E-state index contributed by atoms with van der Waals surface area (Å²) in [5, 5.41) is 7.17. The molecule has 0 unspecified atom stereocenters. The van der Waals surface area contributed by atoms with Crippen molar-refractivity contribution in [2.24, 2.45) is 5.92 Å². The van der Waals surface area contributed by atoms with E-state index in [0.29, 0.717) is 37.8 Å². The van der Waals surface area contributed by atoms with Gasteiger partial charge in [-0.25, -0.2) is 0 Å². The van der Waals surface area contributed by atoms with Crippen LogP contribution in [0.4, 0.5) is 0 Å². The Bertz CT molecular complexity index is 488. The number of nitrogens with zero attached hydrogens (tertiary/aromatic N) is 2. The zero-order valence-electron chi connectivity index (χ0n) is 12.0. The van der Waals surface area contributed by atoms with Gasteiger partial charge in [-0.2, -0.15) is 4.98 Å². The van der Waals surface area contributed by atoms with Crippen LogP contribution in [-0.2, 0) is 15.1 Å². The quantitative estimate of drug-likeness (QED) is 0.908. The summed E-state index contributed by atoms with van der Waals surface area (Å²) in [7, 11) is 0. The van der Waals surface area contributed by atoms with Gasteiger partial charge >= 0.3 is 0 Å². The third-order valence-corrected chi connectivity index (χ3v) is 4.02. The molecule has 2 fully saturated rings. The van der Waals surface area contributed by atoms with Crippen LogP contribution in [0.2, 0.25) is 0 Å². The number of hydrogen-bond donors (Lipinski definition) is 1. The maximum absolute atomic E-state index is 12.2. The van der Waals surface area contributed by atoms with E-state index in [-0.39, 0.29) is 17.7 Å². The van der Waals surface area contributed by atoms with E-state index in [9.17, 15) is 4.79 Å². The van der Waals surface area contributed by atoms with Gasteiger partial charge in [0.05, 0.1) is 0 Å². The number of carbonyl (C=O) groups is 1. The summed E-state index contributed by atoms with van der Waals surface area (Å²) < 4.78 is 10.9. The van der Waals surface area contributed by atoms with E-state index in [1.807, 2.05) is 13.8 Å². The lowest BCUT2D eigenvalue weighted by Gasteiger charge is -2.34. The molecule has 1 saturated carbocycles. The average Bonchev–Trinajstić information content (AvgIpc) is 3.16. The van der Waals surface area contributed by atoms with E-state index in [4.69, 9.17) is 9.26 Å². The van der Waals surface area contributed by atoms with Crippen molar-refractivity contribution in [1.82, 2.24) is 15.5 Å². The Balaban J connectivity index is 1.85. The molecule has 0 atom stereocenters. The van der Waals surface area contributed by atoms with Crippen molar-refractivity contribution in [2.75, 3.05) is 13.2 Å². The second kappa shape index (κ2) is 5.16. The van der Waals surface area contributed by atoms with Crippen LogP contribution in [0, 0.1) is 5.92 Å². The zero-order valence-corrected chi connectivity index (χ0v) is 12.0. The van der Waals surface area contributed by atoms with Gasteiger partial charge < -0.3 is 14.6 Å². The van der Waals surface area contributed by atoms with Gasteiger partial charge in [-0.05, 0) is 12.8 Å². The molecule has 1 aromatic heterocycles. The van der Waals surface area contributed by atoms with Crippen LogP contribution >= 0.6 is 0 Å². The molecule has 1 aromatic rings. The molecule has 0 radical (unpaired) electrons. The van der Waals surface area contributed by atoms with Crippen molar-refractivity contribution in [1.29, 1.82) is 0 Å². The van der Waals surface area contributed by atoms with E-state index in [0.717, 1.165) is 12.8 Å². The first-order chi connectivity index (χ1) is 9.61. The molecular weight excluding hydrogens is 258 g/mol. The molecule has 0 bridgehead atoms. The maximum atomic E-state index is 12.2. The second-order valence-corrected chi connectivity index (χ2v) is 6.07. The summed E-state index contributed by atoms with van der Waals surface area (Å²) in [6.07, 6.45) is 3.34. The Morgan fingerprint density at radius 1 is 1.35 bits per heavy atom. The minimum atomic E-state index is -0.544. The first kappa shape index (κ1) is 13.5. The van der Waals surface area contributed by atoms with E-state index >= 15 is 0 Å². The molecule has 0 aromatic carbocycles. The number of nitrogens with one attached hydrogen (secondary N) is 1. The van der Waals surface area contributed by atoms with Crippen molar-refractivity contribution in [3.05, 3.63) is 11.7 Å². The fraction of sp³-hybridized carbons (Fsp3) is 0.786. The summed E-state index contributed by atoms with van der Waals surface area (Å²) in [6.45, 7) is 5.25. The fourth-order valence-electron chi connectivity index (χ4n) is 2.46. The molecule has 6 heteroatoms. The Morgan fingerprint density at radius 2 is 2.05 bits per heavy atom. The zero-order chi connectivity index (χ0) is 14.2. The minimum absolute atomic E-state index is 0.108. The van der Waals surface area contributed by atoms with Crippen LogP contribution in [0.25, 0.3) is 0 Å². The van der Waals surface area contributed by atoms with Crippen molar-refractivity contribution in [3.63, 3.8) is 0 Å². The highest BCUT2D eigenvalue weighted by molar-refractivity contribution is 5.81. The lowest BCUT2D eigenvalue weighted by molar-refractivity contribution is -0.126. The molecule has 2 heterocycles. The normalized spacial score (nSPS) is 21.9. The summed E-state index contributed by atoms with van der Waals surface area (Å²) in [5.74, 6) is 1.70. The molecule has 1 saturated heterocycles. The summed E-state index contributed by atoms with van der Waals surface area (Å²) in [5.41, 5.74) is -0.544.